The molecular formula is C16H17ClN2OS. The van der Waals surface area contributed by atoms with E-state index in [2.05, 4.69) is 5.32 Å². The number of thioether (sulfide) groups is 1. The molecule has 3 nitrogen and oxygen atoms in total. The van der Waals surface area contributed by atoms with Gasteiger partial charge in [0.2, 0.25) is 0 Å². The Morgan fingerprint density at radius 1 is 1.10 bits per heavy atom. The van der Waals surface area contributed by atoms with Gasteiger partial charge in [-0.05, 0) is 30.7 Å². The number of rotatable bonds is 6. The van der Waals surface area contributed by atoms with Crippen LogP contribution >= 0.6 is 23.4 Å². The molecule has 110 valence electrons. The average molecular weight is 321 g/mol. The Morgan fingerprint density at radius 3 is 2.24 bits per heavy atom. The van der Waals surface area contributed by atoms with Crippen LogP contribution in [0.2, 0.25) is 0 Å². The van der Waals surface area contributed by atoms with Crippen molar-refractivity contribution in [1.82, 2.24) is 0 Å². The van der Waals surface area contributed by atoms with Crippen molar-refractivity contribution in [2.45, 2.75) is 16.2 Å². The number of halogens is 1. The summed E-state index contributed by atoms with van der Waals surface area (Å²) in [5.41, 5.74) is 7.02. The molecule has 0 aromatic heterocycles. The van der Waals surface area contributed by atoms with Gasteiger partial charge in [-0.2, -0.15) is 0 Å². The van der Waals surface area contributed by atoms with Crippen LogP contribution in [0.1, 0.15) is 6.42 Å². The molecule has 3 N–H and O–H groups in total. The molecule has 2 aromatic carbocycles. The molecule has 0 spiro atoms. The smallest absolute Gasteiger partial charge is 0.255 e. The van der Waals surface area contributed by atoms with E-state index in [1.165, 1.54) is 11.8 Å². The van der Waals surface area contributed by atoms with Gasteiger partial charge in [-0.25, -0.2) is 0 Å². The molecule has 0 aliphatic heterocycles. The molecule has 0 saturated heterocycles. The number of amides is 1. The average Bonchev–Trinajstić information content (AvgIpc) is 2.49. The second-order valence-electron chi connectivity index (χ2n) is 4.56. The first-order valence-electron chi connectivity index (χ1n) is 6.59. The van der Waals surface area contributed by atoms with E-state index in [1.807, 2.05) is 60.7 Å². The molecule has 5 heteroatoms. The fourth-order valence-corrected chi connectivity index (χ4v) is 3.28. The van der Waals surface area contributed by atoms with Crippen LogP contribution in [-0.4, -0.2) is 16.7 Å². The first kappa shape index (κ1) is 15.9. The molecule has 0 heterocycles. The van der Waals surface area contributed by atoms with Crippen LogP contribution in [0.15, 0.2) is 65.6 Å². The van der Waals surface area contributed by atoms with E-state index in [1.54, 1.807) is 0 Å². The predicted octanol–water partition coefficient (Wildman–Crippen LogP) is 3.70. The van der Waals surface area contributed by atoms with E-state index in [-0.39, 0.29) is 5.91 Å². The summed E-state index contributed by atoms with van der Waals surface area (Å²) in [6.07, 6.45) is 0.382. The molecule has 0 fully saturated rings. The van der Waals surface area contributed by atoms with E-state index in [4.69, 9.17) is 17.3 Å². The normalized spacial score (nSPS) is 13.4. The zero-order valence-corrected chi connectivity index (χ0v) is 13.0. The summed E-state index contributed by atoms with van der Waals surface area (Å²) >= 11 is 7.15. The number of hydrogen-bond donors (Lipinski definition) is 2. The minimum absolute atomic E-state index is 0.247. The maximum Gasteiger partial charge on any atom is 0.255 e. The fourth-order valence-electron chi connectivity index (χ4n) is 1.81. The van der Waals surface area contributed by atoms with Gasteiger partial charge in [0.05, 0.1) is 0 Å². The van der Waals surface area contributed by atoms with Crippen LogP contribution < -0.4 is 11.1 Å². The number of carbonyl (C=O) groups is 1. The summed E-state index contributed by atoms with van der Waals surface area (Å²) < 4.78 is 0. The molecule has 0 saturated carbocycles. The highest BCUT2D eigenvalue weighted by molar-refractivity contribution is 8.01. The number of benzene rings is 2. The third-order valence-electron chi connectivity index (χ3n) is 2.93. The Balaban J connectivity index is 2.14. The molecule has 0 aliphatic carbocycles. The Hall–Kier alpha value is -1.49. The Kier molecular flexibility index (Phi) is 5.67. The SMILES string of the molecule is NC(CCCl)(Sc1ccccc1)C(=O)Nc1ccccc1. The number of anilines is 1. The quantitative estimate of drug-likeness (QED) is 0.485. The van der Waals surface area contributed by atoms with Crippen LogP contribution in [-0.2, 0) is 4.79 Å². The number of nitrogens with two attached hydrogens (primary N) is 1. The van der Waals surface area contributed by atoms with Crippen molar-refractivity contribution in [3.8, 4) is 0 Å². The van der Waals surface area contributed by atoms with Gasteiger partial charge in [-0.15, -0.1) is 11.6 Å². The lowest BCUT2D eigenvalue weighted by Crippen LogP contribution is -2.48. The largest absolute Gasteiger partial charge is 0.324 e. The molecule has 1 amide bonds. The minimum Gasteiger partial charge on any atom is -0.324 e. The highest BCUT2D eigenvalue weighted by Gasteiger charge is 2.34. The van der Waals surface area contributed by atoms with Crippen molar-refractivity contribution in [2.75, 3.05) is 11.2 Å². The van der Waals surface area contributed by atoms with Gasteiger partial charge >= 0.3 is 0 Å². The highest BCUT2D eigenvalue weighted by Crippen LogP contribution is 2.32. The standard InChI is InChI=1S/C16H17ClN2OS/c17-12-11-16(18,21-14-9-5-2-6-10-14)15(20)19-13-7-3-1-4-8-13/h1-10H,11-12,18H2,(H,19,20). The summed E-state index contributed by atoms with van der Waals surface area (Å²) in [5, 5.41) is 2.84. The molecule has 0 bridgehead atoms. The van der Waals surface area contributed by atoms with Crippen LogP contribution in [0.4, 0.5) is 5.69 Å². The van der Waals surface area contributed by atoms with Gasteiger partial charge in [-0.3, -0.25) is 4.79 Å². The van der Waals surface area contributed by atoms with E-state index in [9.17, 15) is 4.79 Å². The van der Waals surface area contributed by atoms with Gasteiger partial charge < -0.3 is 11.1 Å². The minimum atomic E-state index is -1.10. The van der Waals surface area contributed by atoms with E-state index >= 15 is 0 Å². The molecule has 21 heavy (non-hydrogen) atoms. The van der Waals surface area contributed by atoms with Crippen molar-refractivity contribution in [1.29, 1.82) is 0 Å². The zero-order chi connectivity index (χ0) is 15.1. The first-order valence-corrected chi connectivity index (χ1v) is 7.94. The van der Waals surface area contributed by atoms with Crippen molar-refractivity contribution in [2.24, 2.45) is 5.73 Å². The lowest BCUT2D eigenvalue weighted by Gasteiger charge is -2.27. The lowest BCUT2D eigenvalue weighted by atomic mass is 10.2. The van der Waals surface area contributed by atoms with Gasteiger partial charge in [0.25, 0.3) is 5.91 Å². The van der Waals surface area contributed by atoms with E-state index < -0.39 is 4.87 Å². The Labute approximate surface area is 133 Å². The maximum atomic E-state index is 12.5. The Bertz CT molecular complexity index is 579. The lowest BCUT2D eigenvalue weighted by molar-refractivity contribution is -0.118. The summed E-state index contributed by atoms with van der Waals surface area (Å²) in [7, 11) is 0. The van der Waals surface area contributed by atoms with Gasteiger partial charge in [0, 0.05) is 16.5 Å². The van der Waals surface area contributed by atoms with Crippen molar-refractivity contribution < 1.29 is 4.79 Å². The molecule has 2 rings (SSSR count). The third-order valence-corrected chi connectivity index (χ3v) is 4.38. The summed E-state index contributed by atoms with van der Waals surface area (Å²) in [6, 6.07) is 18.9. The number of hydrogen-bond acceptors (Lipinski definition) is 3. The fraction of sp³-hybridized carbons (Fsp3) is 0.188. The summed E-state index contributed by atoms with van der Waals surface area (Å²) in [4.78, 5) is 12.4. The first-order chi connectivity index (χ1) is 10.1. The number of alkyl halides is 1. The van der Waals surface area contributed by atoms with Crippen LogP contribution in [0.3, 0.4) is 0 Å². The third kappa shape index (κ3) is 4.49. The topological polar surface area (TPSA) is 55.1 Å². The van der Waals surface area contributed by atoms with Crippen LogP contribution in [0.5, 0.6) is 0 Å². The molecular weight excluding hydrogens is 304 g/mol. The van der Waals surface area contributed by atoms with Gasteiger partial charge in [0.15, 0.2) is 0 Å². The predicted molar refractivity (Wildman–Crippen MR) is 89.6 cm³/mol. The summed E-state index contributed by atoms with van der Waals surface area (Å²) in [6.45, 7) is 0. The second kappa shape index (κ2) is 7.50. The van der Waals surface area contributed by atoms with Crippen molar-refractivity contribution in [3.63, 3.8) is 0 Å². The van der Waals surface area contributed by atoms with Crippen molar-refractivity contribution in [3.05, 3.63) is 60.7 Å². The molecule has 0 aliphatic rings. The van der Waals surface area contributed by atoms with Crippen LogP contribution in [0, 0.1) is 0 Å². The van der Waals surface area contributed by atoms with E-state index in [0.717, 1.165) is 10.6 Å². The number of para-hydroxylation sites is 1. The monoisotopic (exact) mass is 320 g/mol. The molecule has 1 unspecified atom stereocenters. The number of nitrogens with one attached hydrogen (secondary N) is 1. The van der Waals surface area contributed by atoms with Gasteiger partial charge in [-0.1, -0.05) is 48.2 Å². The molecule has 0 radical (unpaired) electrons. The number of carbonyl (C=O) groups excluding carboxylic acids is 1. The summed E-state index contributed by atoms with van der Waals surface area (Å²) in [5.74, 6) is 0.0710. The van der Waals surface area contributed by atoms with Gasteiger partial charge in [0.1, 0.15) is 4.87 Å². The van der Waals surface area contributed by atoms with Crippen molar-refractivity contribution >= 4 is 35.0 Å². The highest BCUT2D eigenvalue weighted by atomic mass is 35.5. The second-order valence-corrected chi connectivity index (χ2v) is 6.35. The van der Waals surface area contributed by atoms with E-state index in [0.29, 0.717) is 12.3 Å². The zero-order valence-electron chi connectivity index (χ0n) is 11.5. The molecule has 2 aromatic rings. The maximum absolute atomic E-state index is 12.5. The Morgan fingerprint density at radius 2 is 1.67 bits per heavy atom. The van der Waals surface area contributed by atoms with Crippen LogP contribution in [0.25, 0.3) is 0 Å². The molecule has 1 atom stereocenters.